The molecule has 0 spiro atoms. The number of nitrogens with zero attached hydrogens (tertiary/aromatic N) is 2. The highest BCUT2D eigenvalue weighted by molar-refractivity contribution is 5.29. The summed E-state index contributed by atoms with van der Waals surface area (Å²) in [6.45, 7) is 3.19. The standard InChI is InChI=1S/C18H21N3/c1-2-5-16(6-3-1)13-17-8-11-21(12-9-17)10-4-7-18-14-19-20-15-18/h1-3,5-6,14-15,17H,8-13H2,(H,19,20). The van der Waals surface area contributed by atoms with E-state index in [9.17, 15) is 0 Å². The minimum Gasteiger partial charge on any atom is -0.292 e. The molecule has 1 aromatic heterocycles. The van der Waals surface area contributed by atoms with Gasteiger partial charge < -0.3 is 0 Å². The van der Waals surface area contributed by atoms with Gasteiger partial charge in [-0.05, 0) is 43.8 Å². The van der Waals surface area contributed by atoms with Crippen LogP contribution in [0.4, 0.5) is 0 Å². The molecule has 3 nitrogen and oxygen atoms in total. The third kappa shape index (κ3) is 4.21. The molecule has 0 atom stereocenters. The number of H-pyrrole nitrogens is 1. The summed E-state index contributed by atoms with van der Waals surface area (Å²) in [5.41, 5.74) is 2.43. The molecule has 0 unspecified atom stereocenters. The van der Waals surface area contributed by atoms with Gasteiger partial charge in [0.15, 0.2) is 0 Å². The largest absolute Gasteiger partial charge is 0.292 e. The average molecular weight is 279 g/mol. The molecule has 1 aliphatic rings. The Morgan fingerprint density at radius 3 is 2.71 bits per heavy atom. The molecule has 0 amide bonds. The first-order chi connectivity index (χ1) is 10.4. The number of aromatic amines is 1. The van der Waals surface area contributed by atoms with E-state index < -0.39 is 0 Å². The molecule has 0 radical (unpaired) electrons. The molecule has 21 heavy (non-hydrogen) atoms. The summed E-state index contributed by atoms with van der Waals surface area (Å²) in [5, 5.41) is 6.68. The van der Waals surface area contributed by atoms with E-state index in [1.54, 1.807) is 6.20 Å². The second-order valence-electron chi connectivity index (χ2n) is 5.70. The van der Waals surface area contributed by atoms with Crippen LogP contribution in [0.15, 0.2) is 42.7 Å². The predicted molar refractivity (Wildman–Crippen MR) is 84.8 cm³/mol. The van der Waals surface area contributed by atoms with E-state index in [0.717, 1.165) is 31.1 Å². The Balaban J connectivity index is 1.43. The molecule has 108 valence electrons. The van der Waals surface area contributed by atoms with Crippen LogP contribution >= 0.6 is 0 Å². The lowest BCUT2D eigenvalue weighted by Gasteiger charge is -2.30. The van der Waals surface area contributed by atoms with E-state index in [2.05, 4.69) is 57.3 Å². The van der Waals surface area contributed by atoms with Crippen molar-refractivity contribution >= 4 is 0 Å². The average Bonchev–Trinajstić information content (AvgIpc) is 3.03. The van der Waals surface area contributed by atoms with Gasteiger partial charge in [0, 0.05) is 6.20 Å². The van der Waals surface area contributed by atoms with Crippen molar-refractivity contribution in [1.82, 2.24) is 15.1 Å². The zero-order chi connectivity index (χ0) is 14.3. The molecule has 0 saturated carbocycles. The molecule has 1 aliphatic heterocycles. The van der Waals surface area contributed by atoms with Crippen molar-refractivity contribution in [2.75, 3.05) is 19.6 Å². The molecule has 2 aromatic rings. The molecule has 1 saturated heterocycles. The van der Waals surface area contributed by atoms with Gasteiger partial charge in [0.1, 0.15) is 0 Å². The van der Waals surface area contributed by atoms with Crippen LogP contribution in [0.5, 0.6) is 0 Å². The first-order valence-electron chi connectivity index (χ1n) is 7.64. The topological polar surface area (TPSA) is 31.9 Å². The minimum absolute atomic E-state index is 0.825. The Labute approximate surface area is 126 Å². The summed E-state index contributed by atoms with van der Waals surface area (Å²) in [6.07, 6.45) is 7.37. The van der Waals surface area contributed by atoms with Crippen molar-refractivity contribution in [3.63, 3.8) is 0 Å². The van der Waals surface area contributed by atoms with Gasteiger partial charge in [-0.15, -0.1) is 0 Å². The summed E-state index contributed by atoms with van der Waals surface area (Å²) in [4.78, 5) is 2.45. The van der Waals surface area contributed by atoms with Crippen molar-refractivity contribution in [2.24, 2.45) is 5.92 Å². The molecule has 1 fully saturated rings. The van der Waals surface area contributed by atoms with Crippen LogP contribution in [0.25, 0.3) is 0 Å². The van der Waals surface area contributed by atoms with Gasteiger partial charge in [-0.3, -0.25) is 10.00 Å². The molecule has 1 N–H and O–H groups in total. The number of likely N-dealkylation sites (tertiary alicyclic amines) is 1. The number of nitrogens with one attached hydrogen (secondary N) is 1. The number of hydrogen-bond acceptors (Lipinski definition) is 2. The van der Waals surface area contributed by atoms with Crippen molar-refractivity contribution in [1.29, 1.82) is 0 Å². The third-order valence-electron chi connectivity index (χ3n) is 4.11. The Morgan fingerprint density at radius 2 is 2.00 bits per heavy atom. The van der Waals surface area contributed by atoms with Crippen LogP contribution in [0.2, 0.25) is 0 Å². The van der Waals surface area contributed by atoms with Crippen LogP contribution in [0, 0.1) is 17.8 Å². The van der Waals surface area contributed by atoms with E-state index in [1.807, 2.05) is 6.20 Å². The molecular weight excluding hydrogens is 258 g/mol. The molecule has 2 heterocycles. The Kier molecular flexibility index (Phi) is 4.70. The normalized spacial score (nSPS) is 16.4. The van der Waals surface area contributed by atoms with Crippen molar-refractivity contribution in [2.45, 2.75) is 19.3 Å². The number of hydrogen-bond donors (Lipinski definition) is 1. The van der Waals surface area contributed by atoms with Gasteiger partial charge in [0.2, 0.25) is 0 Å². The highest BCUT2D eigenvalue weighted by atomic mass is 15.1. The van der Waals surface area contributed by atoms with Crippen LogP contribution in [0.3, 0.4) is 0 Å². The van der Waals surface area contributed by atoms with Crippen molar-refractivity contribution in [3.8, 4) is 11.8 Å². The maximum absolute atomic E-state index is 3.90. The van der Waals surface area contributed by atoms with E-state index in [1.165, 1.54) is 24.8 Å². The monoisotopic (exact) mass is 279 g/mol. The fraction of sp³-hybridized carbons (Fsp3) is 0.389. The van der Waals surface area contributed by atoms with E-state index in [0.29, 0.717) is 0 Å². The summed E-state index contributed by atoms with van der Waals surface area (Å²) in [7, 11) is 0. The Hall–Kier alpha value is -2.05. The fourth-order valence-corrected chi connectivity index (χ4v) is 2.87. The van der Waals surface area contributed by atoms with Crippen molar-refractivity contribution in [3.05, 3.63) is 53.9 Å². The fourth-order valence-electron chi connectivity index (χ4n) is 2.87. The van der Waals surface area contributed by atoms with Gasteiger partial charge in [-0.25, -0.2) is 0 Å². The predicted octanol–water partition coefficient (Wildman–Crippen LogP) is 2.72. The minimum atomic E-state index is 0.825. The maximum atomic E-state index is 3.90. The van der Waals surface area contributed by atoms with E-state index >= 15 is 0 Å². The van der Waals surface area contributed by atoms with Gasteiger partial charge in [-0.2, -0.15) is 5.10 Å². The molecule has 3 rings (SSSR count). The molecule has 3 heteroatoms. The highest BCUT2D eigenvalue weighted by Crippen LogP contribution is 2.21. The second kappa shape index (κ2) is 7.10. The zero-order valence-electron chi connectivity index (χ0n) is 12.3. The smallest absolute Gasteiger partial charge is 0.0644 e. The van der Waals surface area contributed by atoms with Crippen molar-refractivity contribution < 1.29 is 0 Å². The summed E-state index contributed by atoms with van der Waals surface area (Å²) < 4.78 is 0. The quantitative estimate of drug-likeness (QED) is 0.876. The lowest BCUT2D eigenvalue weighted by Crippen LogP contribution is -2.34. The Morgan fingerprint density at radius 1 is 1.19 bits per heavy atom. The lowest BCUT2D eigenvalue weighted by molar-refractivity contribution is 0.203. The third-order valence-corrected chi connectivity index (χ3v) is 4.11. The number of aromatic nitrogens is 2. The highest BCUT2D eigenvalue weighted by Gasteiger charge is 2.18. The summed E-state index contributed by atoms with van der Waals surface area (Å²) in [5.74, 6) is 7.20. The molecule has 0 aliphatic carbocycles. The van der Waals surface area contributed by atoms with Crippen LogP contribution in [0.1, 0.15) is 24.0 Å². The second-order valence-corrected chi connectivity index (χ2v) is 5.70. The Bertz CT molecular complexity index is 584. The van der Waals surface area contributed by atoms with Gasteiger partial charge in [0.05, 0.1) is 18.3 Å². The molecule has 1 aromatic carbocycles. The van der Waals surface area contributed by atoms with Gasteiger partial charge in [-0.1, -0.05) is 42.2 Å². The van der Waals surface area contributed by atoms with E-state index in [4.69, 9.17) is 0 Å². The lowest BCUT2D eigenvalue weighted by atomic mass is 9.90. The maximum Gasteiger partial charge on any atom is 0.0644 e. The van der Waals surface area contributed by atoms with Crippen LogP contribution < -0.4 is 0 Å². The number of piperidine rings is 1. The SMILES string of the molecule is C(#Cc1cn[nH]c1)CN1CCC(Cc2ccccc2)CC1. The van der Waals surface area contributed by atoms with Gasteiger partial charge >= 0.3 is 0 Å². The first kappa shape index (κ1) is 13.9. The summed E-state index contributed by atoms with van der Waals surface area (Å²) in [6, 6.07) is 10.8. The summed E-state index contributed by atoms with van der Waals surface area (Å²) >= 11 is 0. The number of benzene rings is 1. The van der Waals surface area contributed by atoms with Crippen LogP contribution in [-0.2, 0) is 6.42 Å². The van der Waals surface area contributed by atoms with E-state index in [-0.39, 0.29) is 0 Å². The number of rotatable bonds is 3. The van der Waals surface area contributed by atoms with Crippen LogP contribution in [-0.4, -0.2) is 34.7 Å². The molecular formula is C18H21N3. The molecule has 0 bridgehead atoms. The van der Waals surface area contributed by atoms with Gasteiger partial charge in [0.25, 0.3) is 0 Å². The first-order valence-corrected chi connectivity index (χ1v) is 7.64. The zero-order valence-corrected chi connectivity index (χ0v) is 12.3.